The van der Waals surface area contributed by atoms with Crippen molar-refractivity contribution in [2.45, 2.75) is 19.3 Å². The van der Waals surface area contributed by atoms with Crippen LogP contribution in [0.15, 0.2) is 0 Å². The summed E-state index contributed by atoms with van der Waals surface area (Å²) in [4.78, 5) is 13.8. The monoisotopic (exact) mass is 230 g/mol. The number of piperidine rings is 1. The number of hydrogen-bond donors (Lipinski definition) is 1. The molecule has 0 radical (unpaired) electrons. The van der Waals surface area contributed by atoms with Crippen molar-refractivity contribution in [2.75, 3.05) is 26.7 Å². The maximum atomic E-state index is 11.0. The van der Waals surface area contributed by atoms with Crippen LogP contribution in [0.4, 0.5) is 0 Å². The lowest BCUT2D eigenvalue weighted by Crippen LogP contribution is -2.41. The molecule has 1 rings (SSSR count). The fraction of sp³-hybridized carbons (Fsp3) is 0.800. The fourth-order valence-corrected chi connectivity index (χ4v) is 2.03. The van der Waals surface area contributed by atoms with Crippen molar-refractivity contribution < 1.29 is 9.53 Å². The summed E-state index contributed by atoms with van der Waals surface area (Å²) in [5.74, 6) is 0.152. The highest BCUT2D eigenvalue weighted by atomic mass is 32.1. The maximum Gasteiger partial charge on any atom is 0.306 e. The Morgan fingerprint density at radius 3 is 3.00 bits per heavy atom. The van der Waals surface area contributed by atoms with Crippen LogP contribution in [0.2, 0.25) is 0 Å². The predicted octanol–water partition coefficient (Wildman–Crippen LogP) is 0.548. The van der Waals surface area contributed by atoms with E-state index in [9.17, 15) is 4.79 Å². The van der Waals surface area contributed by atoms with Crippen molar-refractivity contribution in [1.29, 1.82) is 0 Å². The van der Waals surface area contributed by atoms with Gasteiger partial charge in [0.1, 0.15) is 0 Å². The molecule has 1 aliphatic heterocycles. The first-order valence-electron chi connectivity index (χ1n) is 5.22. The van der Waals surface area contributed by atoms with E-state index < -0.39 is 0 Å². The second-order valence-electron chi connectivity index (χ2n) is 3.87. The van der Waals surface area contributed by atoms with E-state index in [2.05, 4.69) is 9.64 Å². The van der Waals surface area contributed by atoms with Crippen LogP contribution >= 0.6 is 12.2 Å². The molecule has 0 spiro atoms. The van der Waals surface area contributed by atoms with Crippen LogP contribution < -0.4 is 5.73 Å². The minimum atomic E-state index is -0.160. The van der Waals surface area contributed by atoms with E-state index in [4.69, 9.17) is 18.0 Å². The molecule has 0 amide bonds. The lowest BCUT2D eigenvalue weighted by Gasteiger charge is -2.31. The first-order chi connectivity index (χ1) is 7.13. The molecule has 0 aromatic heterocycles. The summed E-state index contributed by atoms with van der Waals surface area (Å²) in [5.41, 5.74) is 5.62. The normalized spacial score (nSPS) is 22.3. The van der Waals surface area contributed by atoms with Crippen molar-refractivity contribution in [3.63, 3.8) is 0 Å². The highest BCUT2D eigenvalue weighted by Crippen LogP contribution is 2.16. The molecule has 0 aliphatic carbocycles. The lowest BCUT2D eigenvalue weighted by molar-refractivity contribution is -0.141. The van der Waals surface area contributed by atoms with Gasteiger partial charge >= 0.3 is 5.97 Å². The van der Waals surface area contributed by atoms with Crippen LogP contribution in [0.1, 0.15) is 19.3 Å². The lowest BCUT2D eigenvalue weighted by atomic mass is 9.98. The van der Waals surface area contributed by atoms with Crippen molar-refractivity contribution in [3.05, 3.63) is 0 Å². The van der Waals surface area contributed by atoms with Gasteiger partial charge in [-0.15, -0.1) is 0 Å². The molecule has 0 saturated carbocycles. The topological polar surface area (TPSA) is 55.6 Å². The second kappa shape index (κ2) is 6.02. The molecule has 1 fully saturated rings. The number of esters is 1. The smallest absolute Gasteiger partial charge is 0.306 e. The van der Waals surface area contributed by atoms with E-state index in [1.807, 2.05) is 0 Å². The van der Waals surface area contributed by atoms with Crippen molar-refractivity contribution in [3.8, 4) is 0 Å². The van der Waals surface area contributed by atoms with E-state index in [-0.39, 0.29) is 5.97 Å². The van der Waals surface area contributed by atoms with Crippen LogP contribution in [0.5, 0.6) is 0 Å². The van der Waals surface area contributed by atoms with Gasteiger partial charge in [0.05, 0.1) is 18.5 Å². The number of carbonyl (C=O) groups is 1. The zero-order valence-electron chi connectivity index (χ0n) is 9.07. The number of methoxy groups -OCH3 is 1. The molecule has 4 nitrogen and oxygen atoms in total. The Morgan fingerprint density at radius 1 is 1.67 bits per heavy atom. The number of carbonyl (C=O) groups excluding carboxylic acids is 1. The van der Waals surface area contributed by atoms with Gasteiger partial charge in [0.2, 0.25) is 0 Å². The number of nitrogens with zero attached hydrogens (tertiary/aromatic N) is 1. The summed E-state index contributed by atoms with van der Waals surface area (Å²) < 4.78 is 4.60. The minimum absolute atomic E-state index is 0.160. The number of nitrogens with two attached hydrogens (primary N) is 1. The molecule has 1 aliphatic rings. The van der Waals surface area contributed by atoms with Crippen LogP contribution in [-0.2, 0) is 9.53 Å². The zero-order chi connectivity index (χ0) is 11.3. The number of hydrogen-bond acceptors (Lipinski definition) is 4. The summed E-state index contributed by atoms with van der Waals surface area (Å²) >= 11 is 4.99. The summed E-state index contributed by atoms with van der Waals surface area (Å²) in [6, 6.07) is 0. The van der Waals surface area contributed by atoms with Gasteiger partial charge in [-0.25, -0.2) is 0 Å². The van der Waals surface area contributed by atoms with Gasteiger partial charge in [-0.2, -0.15) is 0 Å². The average molecular weight is 230 g/mol. The Morgan fingerprint density at radius 2 is 2.40 bits per heavy atom. The standard InChI is InChI=1S/C10H18N2O2S/c1-14-9(13)4-6-12-5-2-3-8(7-12)10(11)15/h8H,2-7H2,1H3,(H2,11,15). The number of thiocarbonyl (C=S) groups is 1. The molecule has 0 aromatic rings. The number of rotatable bonds is 4. The van der Waals surface area contributed by atoms with Gasteiger partial charge in [0, 0.05) is 19.0 Å². The van der Waals surface area contributed by atoms with Gasteiger partial charge in [0.25, 0.3) is 0 Å². The molecule has 1 saturated heterocycles. The summed E-state index contributed by atoms with van der Waals surface area (Å²) in [5, 5.41) is 0. The third-order valence-electron chi connectivity index (χ3n) is 2.77. The number of likely N-dealkylation sites (tertiary alicyclic amines) is 1. The summed E-state index contributed by atoms with van der Waals surface area (Å²) in [7, 11) is 1.41. The van der Waals surface area contributed by atoms with Crippen molar-refractivity contribution in [2.24, 2.45) is 11.7 Å². The highest BCUT2D eigenvalue weighted by Gasteiger charge is 2.21. The molecule has 1 heterocycles. The van der Waals surface area contributed by atoms with E-state index in [1.54, 1.807) is 0 Å². The van der Waals surface area contributed by atoms with Gasteiger partial charge < -0.3 is 15.4 Å². The molecule has 15 heavy (non-hydrogen) atoms. The van der Waals surface area contributed by atoms with Crippen LogP contribution in [0.25, 0.3) is 0 Å². The van der Waals surface area contributed by atoms with Crippen LogP contribution in [0.3, 0.4) is 0 Å². The summed E-state index contributed by atoms with van der Waals surface area (Å²) in [6.45, 7) is 2.65. The van der Waals surface area contributed by atoms with E-state index in [0.717, 1.165) is 32.5 Å². The van der Waals surface area contributed by atoms with Crippen LogP contribution in [-0.4, -0.2) is 42.6 Å². The molecule has 2 N–H and O–H groups in total. The molecule has 5 heteroatoms. The molecule has 1 atom stereocenters. The SMILES string of the molecule is COC(=O)CCN1CCCC(C(N)=S)C1. The third kappa shape index (κ3) is 4.13. The molecule has 1 unspecified atom stereocenters. The largest absolute Gasteiger partial charge is 0.469 e. The van der Waals surface area contributed by atoms with Crippen LogP contribution in [0, 0.1) is 5.92 Å². The second-order valence-corrected chi connectivity index (χ2v) is 4.34. The third-order valence-corrected chi connectivity index (χ3v) is 3.10. The molecule has 0 aromatic carbocycles. The summed E-state index contributed by atoms with van der Waals surface area (Å²) in [6.07, 6.45) is 2.62. The first kappa shape index (κ1) is 12.4. The first-order valence-corrected chi connectivity index (χ1v) is 5.62. The Balaban J connectivity index is 2.30. The van der Waals surface area contributed by atoms with E-state index >= 15 is 0 Å². The Kier molecular flexibility index (Phi) is 4.98. The Labute approximate surface area is 95.8 Å². The van der Waals surface area contributed by atoms with Gasteiger partial charge in [-0.1, -0.05) is 12.2 Å². The number of ether oxygens (including phenoxy) is 1. The minimum Gasteiger partial charge on any atom is -0.469 e. The molecule has 0 bridgehead atoms. The van der Waals surface area contributed by atoms with Gasteiger partial charge in [-0.05, 0) is 19.4 Å². The van der Waals surface area contributed by atoms with E-state index in [1.165, 1.54) is 7.11 Å². The van der Waals surface area contributed by atoms with Gasteiger partial charge in [-0.3, -0.25) is 4.79 Å². The predicted molar refractivity (Wildman–Crippen MR) is 62.6 cm³/mol. The quantitative estimate of drug-likeness (QED) is 0.564. The average Bonchev–Trinajstić information content (AvgIpc) is 2.26. The van der Waals surface area contributed by atoms with Gasteiger partial charge in [0.15, 0.2) is 0 Å². The zero-order valence-corrected chi connectivity index (χ0v) is 9.89. The van der Waals surface area contributed by atoms with Crippen molar-refractivity contribution in [1.82, 2.24) is 4.90 Å². The highest BCUT2D eigenvalue weighted by molar-refractivity contribution is 7.80. The molecular weight excluding hydrogens is 212 g/mol. The van der Waals surface area contributed by atoms with Crippen molar-refractivity contribution >= 4 is 23.2 Å². The van der Waals surface area contributed by atoms with E-state index in [0.29, 0.717) is 17.3 Å². The Hall–Kier alpha value is -0.680. The fourth-order valence-electron chi connectivity index (χ4n) is 1.84. The molecular formula is C10H18N2O2S. The maximum absolute atomic E-state index is 11.0. The Bertz CT molecular complexity index is 246. The molecule has 86 valence electrons.